The first-order valence-electron chi connectivity index (χ1n) is 9.73. The van der Waals surface area contributed by atoms with Gasteiger partial charge in [0.1, 0.15) is 0 Å². The van der Waals surface area contributed by atoms with Crippen LogP contribution >= 0.6 is 0 Å². The van der Waals surface area contributed by atoms with Gasteiger partial charge in [-0.3, -0.25) is 14.4 Å². The molecule has 2 unspecified atom stereocenters. The summed E-state index contributed by atoms with van der Waals surface area (Å²) in [4.78, 5) is 41.1. The Morgan fingerprint density at radius 1 is 1.19 bits per heavy atom. The van der Waals surface area contributed by atoms with Gasteiger partial charge in [0.15, 0.2) is 0 Å². The van der Waals surface area contributed by atoms with Crippen molar-refractivity contribution in [1.29, 1.82) is 0 Å². The van der Waals surface area contributed by atoms with Crippen LogP contribution in [0.1, 0.15) is 37.3 Å². The van der Waals surface area contributed by atoms with Crippen LogP contribution in [0.4, 0.5) is 5.69 Å². The number of carbonyl (C=O) groups is 3. The molecule has 2 fully saturated rings. The van der Waals surface area contributed by atoms with Gasteiger partial charge in [0, 0.05) is 31.7 Å². The lowest BCUT2D eigenvalue weighted by Crippen LogP contribution is -2.45. The van der Waals surface area contributed by atoms with Crippen molar-refractivity contribution in [1.82, 2.24) is 4.90 Å². The number of piperidine rings is 1. The summed E-state index contributed by atoms with van der Waals surface area (Å²) < 4.78 is 5.11. The Hall–Kier alpha value is -2.37. The maximum absolute atomic E-state index is 13.0. The minimum atomic E-state index is -0.349. The highest BCUT2D eigenvalue weighted by molar-refractivity contribution is 6.01. The number of benzene rings is 1. The number of anilines is 1. The summed E-state index contributed by atoms with van der Waals surface area (Å²) in [6, 6.07) is 6.02. The average Bonchev–Trinajstić information content (AvgIpc) is 3.05. The van der Waals surface area contributed by atoms with Crippen LogP contribution in [0.25, 0.3) is 0 Å². The lowest BCUT2D eigenvalue weighted by Gasteiger charge is -2.33. The van der Waals surface area contributed by atoms with Crippen molar-refractivity contribution in [3.05, 3.63) is 29.3 Å². The highest BCUT2D eigenvalue weighted by Gasteiger charge is 2.39. The quantitative estimate of drug-likeness (QED) is 0.762. The van der Waals surface area contributed by atoms with Crippen molar-refractivity contribution in [2.75, 3.05) is 31.1 Å². The number of hydrogen-bond donors (Lipinski definition) is 0. The Morgan fingerprint density at radius 2 is 1.96 bits per heavy atom. The summed E-state index contributed by atoms with van der Waals surface area (Å²) in [7, 11) is 0. The van der Waals surface area contributed by atoms with Crippen molar-refractivity contribution in [3.8, 4) is 0 Å². The standard InChI is InChI=1S/C21H28N2O4/c1-4-27-21(26)16-6-5-9-22(12-16)20(25)17-11-19(24)23(13-17)18-10-14(2)7-8-15(18)3/h7-8,10,16-17H,4-6,9,11-13H2,1-3H3. The van der Waals surface area contributed by atoms with Gasteiger partial charge in [-0.25, -0.2) is 0 Å². The number of aryl methyl sites for hydroxylation is 2. The molecule has 2 heterocycles. The number of ether oxygens (including phenoxy) is 1. The highest BCUT2D eigenvalue weighted by Crippen LogP contribution is 2.30. The zero-order valence-electron chi connectivity index (χ0n) is 16.4. The summed E-state index contributed by atoms with van der Waals surface area (Å²) >= 11 is 0. The van der Waals surface area contributed by atoms with Gasteiger partial charge in [-0.05, 0) is 50.8 Å². The van der Waals surface area contributed by atoms with Crippen LogP contribution in [0, 0.1) is 25.7 Å². The molecular weight excluding hydrogens is 344 g/mol. The summed E-state index contributed by atoms with van der Waals surface area (Å²) in [5, 5.41) is 0. The van der Waals surface area contributed by atoms with Crippen LogP contribution in [0.15, 0.2) is 18.2 Å². The molecule has 27 heavy (non-hydrogen) atoms. The summed E-state index contributed by atoms with van der Waals surface area (Å²) in [5.41, 5.74) is 3.01. The van der Waals surface area contributed by atoms with Crippen molar-refractivity contribution in [3.63, 3.8) is 0 Å². The molecule has 146 valence electrons. The molecule has 0 aliphatic carbocycles. The number of nitrogens with zero attached hydrogens (tertiary/aromatic N) is 2. The molecule has 2 saturated heterocycles. The first-order chi connectivity index (χ1) is 12.9. The molecule has 2 amide bonds. The molecule has 0 radical (unpaired) electrons. The van der Waals surface area contributed by atoms with Gasteiger partial charge in [-0.2, -0.15) is 0 Å². The van der Waals surface area contributed by atoms with E-state index in [-0.39, 0.29) is 36.0 Å². The number of amides is 2. The minimum Gasteiger partial charge on any atom is -0.466 e. The van der Waals surface area contributed by atoms with Crippen molar-refractivity contribution < 1.29 is 19.1 Å². The average molecular weight is 372 g/mol. The lowest BCUT2D eigenvalue weighted by molar-refractivity contribution is -0.152. The van der Waals surface area contributed by atoms with Gasteiger partial charge in [-0.1, -0.05) is 12.1 Å². The Labute approximate surface area is 160 Å². The smallest absolute Gasteiger partial charge is 0.310 e. The Balaban J connectivity index is 1.68. The Kier molecular flexibility index (Phi) is 5.82. The van der Waals surface area contributed by atoms with Crippen molar-refractivity contribution >= 4 is 23.5 Å². The van der Waals surface area contributed by atoms with Crippen LogP contribution in [-0.2, 0) is 19.1 Å². The maximum Gasteiger partial charge on any atom is 0.310 e. The van der Waals surface area contributed by atoms with Crippen LogP contribution < -0.4 is 4.90 Å². The molecule has 6 nitrogen and oxygen atoms in total. The lowest BCUT2D eigenvalue weighted by atomic mass is 9.96. The van der Waals surface area contributed by atoms with E-state index < -0.39 is 0 Å². The van der Waals surface area contributed by atoms with E-state index in [1.54, 1.807) is 16.7 Å². The summed E-state index contributed by atoms with van der Waals surface area (Å²) in [6.45, 7) is 7.55. The van der Waals surface area contributed by atoms with Gasteiger partial charge in [0.05, 0.1) is 18.4 Å². The molecule has 1 aromatic carbocycles. The van der Waals surface area contributed by atoms with E-state index in [0.29, 0.717) is 26.2 Å². The molecule has 3 rings (SSSR count). The zero-order valence-corrected chi connectivity index (χ0v) is 16.4. The molecule has 0 spiro atoms. The predicted molar refractivity (Wildman–Crippen MR) is 102 cm³/mol. The van der Waals surface area contributed by atoms with Crippen LogP contribution in [-0.4, -0.2) is 48.9 Å². The minimum absolute atomic E-state index is 0.0130. The van der Waals surface area contributed by atoms with Gasteiger partial charge in [0.2, 0.25) is 11.8 Å². The molecule has 0 bridgehead atoms. The number of esters is 1. The molecule has 6 heteroatoms. The van der Waals surface area contributed by atoms with Gasteiger partial charge < -0.3 is 14.5 Å². The molecular formula is C21H28N2O4. The third kappa shape index (κ3) is 4.15. The topological polar surface area (TPSA) is 66.9 Å². The number of hydrogen-bond acceptors (Lipinski definition) is 4. The highest BCUT2D eigenvalue weighted by atomic mass is 16.5. The van der Waals surface area contributed by atoms with Crippen molar-refractivity contribution in [2.45, 2.75) is 40.0 Å². The van der Waals surface area contributed by atoms with Crippen LogP contribution in [0.5, 0.6) is 0 Å². The fourth-order valence-electron chi connectivity index (χ4n) is 4.00. The van der Waals surface area contributed by atoms with E-state index in [1.165, 1.54) is 0 Å². The SMILES string of the molecule is CCOC(=O)C1CCCN(C(=O)C2CC(=O)N(c3cc(C)ccc3C)C2)C1. The van der Waals surface area contributed by atoms with E-state index in [2.05, 4.69) is 0 Å². The van der Waals surface area contributed by atoms with E-state index >= 15 is 0 Å². The molecule has 2 aliphatic rings. The second-order valence-electron chi connectivity index (χ2n) is 7.57. The number of rotatable bonds is 4. The molecule has 0 aromatic heterocycles. The Morgan fingerprint density at radius 3 is 2.70 bits per heavy atom. The van der Waals surface area contributed by atoms with Crippen LogP contribution in [0.2, 0.25) is 0 Å². The first kappa shape index (κ1) is 19.4. The normalized spacial score (nSPS) is 22.9. The van der Waals surface area contributed by atoms with Gasteiger partial charge >= 0.3 is 5.97 Å². The molecule has 1 aromatic rings. The monoisotopic (exact) mass is 372 g/mol. The molecule has 2 aliphatic heterocycles. The third-order valence-electron chi connectivity index (χ3n) is 5.48. The second-order valence-corrected chi connectivity index (χ2v) is 7.57. The van der Waals surface area contributed by atoms with Gasteiger partial charge in [-0.15, -0.1) is 0 Å². The second kappa shape index (κ2) is 8.11. The largest absolute Gasteiger partial charge is 0.466 e. The van der Waals surface area contributed by atoms with E-state index in [0.717, 1.165) is 29.7 Å². The first-order valence-corrected chi connectivity index (χ1v) is 9.73. The fourth-order valence-corrected chi connectivity index (χ4v) is 4.00. The molecule has 0 N–H and O–H groups in total. The zero-order chi connectivity index (χ0) is 19.6. The maximum atomic E-state index is 13.0. The number of carbonyl (C=O) groups excluding carboxylic acids is 3. The van der Waals surface area contributed by atoms with E-state index in [1.807, 2.05) is 32.0 Å². The number of likely N-dealkylation sites (tertiary alicyclic amines) is 1. The summed E-state index contributed by atoms with van der Waals surface area (Å²) in [6.07, 6.45) is 1.77. The Bertz CT molecular complexity index is 746. The fraction of sp³-hybridized carbons (Fsp3) is 0.571. The summed E-state index contributed by atoms with van der Waals surface area (Å²) in [5.74, 6) is -0.867. The van der Waals surface area contributed by atoms with Gasteiger partial charge in [0.25, 0.3) is 0 Å². The third-order valence-corrected chi connectivity index (χ3v) is 5.48. The molecule has 0 saturated carbocycles. The predicted octanol–water partition coefficient (Wildman–Crippen LogP) is 2.46. The van der Waals surface area contributed by atoms with E-state index in [4.69, 9.17) is 4.74 Å². The van der Waals surface area contributed by atoms with Crippen LogP contribution in [0.3, 0.4) is 0 Å². The van der Waals surface area contributed by atoms with Crippen molar-refractivity contribution in [2.24, 2.45) is 11.8 Å². The van der Waals surface area contributed by atoms with E-state index in [9.17, 15) is 14.4 Å². The molecule has 2 atom stereocenters.